The van der Waals surface area contributed by atoms with E-state index < -0.39 is 0 Å². The van der Waals surface area contributed by atoms with Crippen molar-refractivity contribution in [2.24, 2.45) is 11.7 Å². The number of nitrogens with two attached hydrogens (primary N) is 1. The summed E-state index contributed by atoms with van der Waals surface area (Å²) in [5.74, 6) is -0.353. The second-order valence-corrected chi connectivity index (χ2v) is 5.99. The van der Waals surface area contributed by atoms with Gasteiger partial charge in [0.15, 0.2) is 0 Å². The summed E-state index contributed by atoms with van der Waals surface area (Å²) in [6, 6.07) is 13.6. The summed E-state index contributed by atoms with van der Waals surface area (Å²) in [5.41, 5.74) is 11.4. The zero-order valence-electron chi connectivity index (χ0n) is 14.1. The number of hydrogen-bond donors (Lipinski definition) is 2. The Morgan fingerprint density at radius 1 is 1.04 bits per heavy atom. The van der Waals surface area contributed by atoms with Gasteiger partial charge in [0.2, 0.25) is 5.91 Å². The van der Waals surface area contributed by atoms with Crippen LogP contribution in [0.4, 0.5) is 5.69 Å². The highest BCUT2D eigenvalue weighted by atomic mass is 35.5. The fourth-order valence-electron chi connectivity index (χ4n) is 2.74. The maximum atomic E-state index is 12.5. The second kappa shape index (κ2) is 8.14. The monoisotopic (exact) mass is 332 g/mol. The molecule has 0 fully saturated rings. The Hall–Kier alpha value is -1.84. The van der Waals surface area contributed by atoms with Crippen LogP contribution < -0.4 is 11.1 Å². The van der Waals surface area contributed by atoms with E-state index in [0.717, 1.165) is 22.4 Å². The van der Waals surface area contributed by atoms with Crippen LogP contribution in [0.3, 0.4) is 0 Å². The highest BCUT2D eigenvalue weighted by Crippen LogP contribution is 2.25. The van der Waals surface area contributed by atoms with Crippen LogP contribution in [0.5, 0.6) is 0 Å². The molecule has 2 aromatic rings. The molecule has 2 atom stereocenters. The molecule has 4 heteroatoms. The van der Waals surface area contributed by atoms with Crippen LogP contribution in [-0.4, -0.2) is 5.91 Å². The number of carbonyl (C=O) groups excluding carboxylic acids is 1. The van der Waals surface area contributed by atoms with Gasteiger partial charge < -0.3 is 11.1 Å². The maximum absolute atomic E-state index is 12.5. The molecule has 1 amide bonds. The predicted octanol–water partition coefficient (Wildman–Crippen LogP) is 4.31. The number of anilines is 1. The van der Waals surface area contributed by atoms with Crippen molar-refractivity contribution in [3.05, 3.63) is 64.7 Å². The Balaban J connectivity index is 0.00000264. The molecule has 0 aliphatic rings. The smallest absolute Gasteiger partial charge is 0.229 e. The standard InChI is InChI=1S/C19H24N2O.ClH/c1-12-10-13(2)18(14(3)11-12)21-19(22)15(4)17(20)16-8-6-5-7-9-16;/h5-11,15,17H,20H2,1-4H3,(H,21,22);1H. The van der Waals surface area contributed by atoms with E-state index in [1.54, 1.807) is 0 Å². The predicted molar refractivity (Wildman–Crippen MR) is 99.1 cm³/mol. The molecule has 3 N–H and O–H groups in total. The molecule has 0 aromatic heterocycles. The molecule has 0 saturated heterocycles. The molecule has 0 heterocycles. The quantitative estimate of drug-likeness (QED) is 0.876. The highest BCUT2D eigenvalue weighted by molar-refractivity contribution is 5.94. The van der Waals surface area contributed by atoms with Crippen molar-refractivity contribution >= 4 is 24.0 Å². The summed E-state index contributed by atoms with van der Waals surface area (Å²) in [4.78, 5) is 12.5. The van der Waals surface area contributed by atoms with Gasteiger partial charge in [0.05, 0.1) is 5.92 Å². The van der Waals surface area contributed by atoms with Gasteiger partial charge in [-0.1, -0.05) is 55.0 Å². The Morgan fingerprint density at radius 3 is 2.09 bits per heavy atom. The molecule has 0 aliphatic heterocycles. The molecule has 124 valence electrons. The molecule has 2 rings (SSSR count). The molecule has 0 radical (unpaired) electrons. The van der Waals surface area contributed by atoms with Crippen molar-refractivity contribution in [3.8, 4) is 0 Å². The molecule has 23 heavy (non-hydrogen) atoms. The number of rotatable bonds is 4. The number of aryl methyl sites for hydroxylation is 3. The van der Waals surface area contributed by atoms with Gasteiger partial charge in [0, 0.05) is 11.7 Å². The summed E-state index contributed by atoms with van der Waals surface area (Å²) in [7, 11) is 0. The van der Waals surface area contributed by atoms with Crippen molar-refractivity contribution in [1.29, 1.82) is 0 Å². The molecule has 2 aromatic carbocycles. The van der Waals surface area contributed by atoms with Crippen LogP contribution >= 0.6 is 12.4 Å². The average Bonchev–Trinajstić information content (AvgIpc) is 2.50. The normalized spacial score (nSPS) is 12.9. The highest BCUT2D eigenvalue weighted by Gasteiger charge is 2.23. The van der Waals surface area contributed by atoms with Gasteiger partial charge in [0.1, 0.15) is 0 Å². The fourth-order valence-corrected chi connectivity index (χ4v) is 2.74. The lowest BCUT2D eigenvalue weighted by Gasteiger charge is -2.21. The number of amides is 1. The van der Waals surface area contributed by atoms with Crippen molar-refractivity contribution in [2.75, 3.05) is 5.32 Å². The molecule has 0 saturated carbocycles. The Morgan fingerprint density at radius 2 is 1.57 bits per heavy atom. The first-order valence-electron chi connectivity index (χ1n) is 7.59. The molecule has 0 aliphatic carbocycles. The minimum Gasteiger partial charge on any atom is -0.325 e. The summed E-state index contributed by atoms with van der Waals surface area (Å²) in [6.07, 6.45) is 0. The molecule has 0 bridgehead atoms. The summed E-state index contributed by atoms with van der Waals surface area (Å²) in [5, 5.41) is 3.04. The first-order chi connectivity index (χ1) is 10.4. The van der Waals surface area contributed by atoms with E-state index in [1.165, 1.54) is 5.56 Å². The van der Waals surface area contributed by atoms with E-state index in [-0.39, 0.29) is 30.3 Å². The Bertz CT molecular complexity index is 647. The maximum Gasteiger partial charge on any atom is 0.229 e. The number of halogens is 1. The van der Waals surface area contributed by atoms with E-state index in [1.807, 2.05) is 51.1 Å². The summed E-state index contributed by atoms with van der Waals surface area (Å²) in [6.45, 7) is 7.94. The lowest BCUT2D eigenvalue weighted by molar-refractivity contribution is -0.120. The summed E-state index contributed by atoms with van der Waals surface area (Å²) < 4.78 is 0. The minimum absolute atomic E-state index is 0. The van der Waals surface area contributed by atoms with Gasteiger partial charge in [-0.15, -0.1) is 12.4 Å². The van der Waals surface area contributed by atoms with Crippen molar-refractivity contribution in [1.82, 2.24) is 0 Å². The van der Waals surface area contributed by atoms with Gasteiger partial charge in [-0.3, -0.25) is 4.79 Å². The van der Waals surface area contributed by atoms with Crippen molar-refractivity contribution in [3.63, 3.8) is 0 Å². The zero-order chi connectivity index (χ0) is 16.3. The van der Waals surface area contributed by atoms with E-state index >= 15 is 0 Å². The van der Waals surface area contributed by atoms with Crippen molar-refractivity contribution in [2.45, 2.75) is 33.7 Å². The first-order valence-corrected chi connectivity index (χ1v) is 7.59. The van der Waals surface area contributed by atoms with Gasteiger partial charge >= 0.3 is 0 Å². The van der Waals surface area contributed by atoms with E-state index in [4.69, 9.17) is 5.73 Å². The third-order valence-electron chi connectivity index (χ3n) is 4.06. The van der Waals surface area contributed by atoms with Crippen LogP contribution in [0.1, 0.15) is 35.2 Å². The average molecular weight is 333 g/mol. The van der Waals surface area contributed by atoms with Crippen molar-refractivity contribution < 1.29 is 4.79 Å². The molecule has 3 nitrogen and oxygen atoms in total. The van der Waals surface area contributed by atoms with Crippen LogP contribution in [0, 0.1) is 26.7 Å². The van der Waals surface area contributed by atoms with E-state index in [0.29, 0.717) is 0 Å². The van der Waals surface area contributed by atoms with Gasteiger partial charge in [0.25, 0.3) is 0 Å². The minimum atomic E-state index is -0.313. The Labute approximate surface area is 144 Å². The molecular formula is C19H25ClN2O. The fraction of sp³-hybridized carbons (Fsp3) is 0.316. The molecule has 2 unspecified atom stereocenters. The van der Waals surface area contributed by atoms with Gasteiger partial charge in [-0.2, -0.15) is 0 Å². The zero-order valence-corrected chi connectivity index (χ0v) is 14.9. The van der Waals surface area contributed by atoms with Crippen LogP contribution in [-0.2, 0) is 4.79 Å². The lowest BCUT2D eigenvalue weighted by atomic mass is 9.94. The topological polar surface area (TPSA) is 55.1 Å². The largest absolute Gasteiger partial charge is 0.325 e. The number of carbonyl (C=O) groups is 1. The van der Waals surface area contributed by atoms with Gasteiger partial charge in [-0.25, -0.2) is 0 Å². The van der Waals surface area contributed by atoms with Crippen LogP contribution in [0.15, 0.2) is 42.5 Å². The molecular weight excluding hydrogens is 308 g/mol. The number of nitrogens with one attached hydrogen (secondary N) is 1. The molecule has 0 spiro atoms. The third kappa shape index (κ3) is 4.57. The van der Waals surface area contributed by atoms with E-state index in [2.05, 4.69) is 24.4 Å². The SMILES string of the molecule is Cc1cc(C)c(NC(=O)C(C)C(N)c2ccccc2)c(C)c1.Cl. The van der Waals surface area contributed by atoms with Crippen LogP contribution in [0.25, 0.3) is 0 Å². The first kappa shape index (κ1) is 19.2. The number of hydrogen-bond acceptors (Lipinski definition) is 2. The summed E-state index contributed by atoms with van der Waals surface area (Å²) >= 11 is 0. The second-order valence-electron chi connectivity index (χ2n) is 5.99. The third-order valence-corrected chi connectivity index (χ3v) is 4.06. The lowest BCUT2D eigenvalue weighted by Crippen LogP contribution is -2.31. The van der Waals surface area contributed by atoms with E-state index in [9.17, 15) is 4.79 Å². The van der Waals surface area contributed by atoms with Crippen LogP contribution in [0.2, 0.25) is 0 Å². The van der Waals surface area contributed by atoms with Gasteiger partial charge in [-0.05, 0) is 37.5 Å². The number of benzene rings is 2. The Kier molecular flexibility index (Phi) is 6.79.